The van der Waals surface area contributed by atoms with Crippen LogP contribution in [0, 0.1) is 6.92 Å². The van der Waals surface area contributed by atoms with Gasteiger partial charge in [-0.1, -0.05) is 18.2 Å². The largest absolute Gasteiger partial charge is 0.308 e. The van der Waals surface area contributed by atoms with Crippen molar-refractivity contribution in [3.05, 3.63) is 51.7 Å². The molecule has 0 atom stereocenters. The van der Waals surface area contributed by atoms with E-state index >= 15 is 0 Å². The third kappa shape index (κ3) is 1.85. The van der Waals surface area contributed by atoms with Crippen LogP contribution in [0.1, 0.15) is 27.9 Å². The molecule has 0 unspecified atom stereocenters. The predicted octanol–water partition coefficient (Wildman–Crippen LogP) is 3.65. The van der Waals surface area contributed by atoms with Crippen LogP contribution in [0.2, 0.25) is 0 Å². The molecule has 2 heterocycles. The molecule has 1 aromatic heterocycles. The molecule has 0 bridgehead atoms. The van der Waals surface area contributed by atoms with Crippen LogP contribution in [0.3, 0.4) is 0 Å². The lowest BCUT2D eigenvalue weighted by atomic mass is 9.98. The molecule has 2 nitrogen and oxygen atoms in total. The Morgan fingerprint density at radius 2 is 2.22 bits per heavy atom. The molecule has 1 aliphatic rings. The summed E-state index contributed by atoms with van der Waals surface area (Å²) in [6, 6.07) is 8.19. The van der Waals surface area contributed by atoms with Crippen LogP contribution in [0.15, 0.2) is 35.0 Å². The summed E-state index contributed by atoms with van der Waals surface area (Å²) in [4.78, 5) is 14.4. The monoisotopic (exact) mass is 257 g/mol. The molecule has 0 saturated carbocycles. The van der Waals surface area contributed by atoms with E-state index in [4.69, 9.17) is 0 Å². The van der Waals surface area contributed by atoms with Gasteiger partial charge >= 0.3 is 0 Å². The Bertz CT molecular complexity index is 574. The van der Waals surface area contributed by atoms with Crippen molar-refractivity contribution in [3.63, 3.8) is 0 Å². The number of aryl methyl sites for hydroxylation is 2. The lowest BCUT2D eigenvalue weighted by Gasteiger charge is -2.30. The fourth-order valence-corrected chi connectivity index (χ4v) is 3.22. The van der Waals surface area contributed by atoms with E-state index < -0.39 is 0 Å². The molecular formula is C15H15NOS. The lowest BCUT2D eigenvalue weighted by molar-refractivity contribution is 0.0985. The molecule has 0 saturated heterocycles. The minimum absolute atomic E-state index is 0.131. The number of fused-ring (bicyclic) bond motifs is 1. The van der Waals surface area contributed by atoms with Gasteiger partial charge in [0.15, 0.2) is 0 Å². The second-order valence-corrected chi connectivity index (χ2v) is 5.44. The fourth-order valence-electron chi connectivity index (χ4n) is 2.59. The number of nitrogens with zero attached hydrogens (tertiary/aromatic N) is 1. The molecule has 0 N–H and O–H groups in total. The van der Waals surface area contributed by atoms with Crippen LogP contribution in [0.25, 0.3) is 0 Å². The highest BCUT2D eigenvalue weighted by Crippen LogP contribution is 2.31. The number of hydrogen-bond donors (Lipinski definition) is 0. The summed E-state index contributed by atoms with van der Waals surface area (Å²) in [5, 5.41) is 3.88. The van der Waals surface area contributed by atoms with Gasteiger partial charge in [0, 0.05) is 11.9 Å². The first kappa shape index (κ1) is 11.5. The second-order valence-electron chi connectivity index (χ2n) is 4.66. The van der Waals surface area contributed by atoms with Crippen LogP contribution in [-0.2, 0) is 6.42 Å². The number of para-hydroxylation sites is 1. The highest BCUT2D eigenvalue weighted by molar-refractivity contribution is 7.08. The smallest absolute Gasteiger partial charge is 0.259 e. The summed E-state index contributed by atoms with van der Waals surface area (Å²) in [6.45, 7) is 2.91. The molecule has 2 aromatic rings. The zero-order valence-corrected chi connectivity index (χ0v) is 11.2. The Hall–Kier alpha value is -1.61. The summed E-state index contributed by atoms with van der Waals surface area (Å²) in [6.07, 6.45) is 2.12. The number of thiophene rings is 1. The third-order valence-electron chi connectivity index (χ3n) is 3.43. The molecule has 1 aliphatic heterocycles. The van der Waals surface area contributed by atoms with Crippen molar-refractivity contribution < 1.29 is 4.79 Å². The normalized spacial score (nSPS) is 14.4. The van der Waals surface area contributed by atoms with Crippen LogP contribution in [0.4, 0.5) is 5.69 Å². The van der Waals surface area contributed by atoms with Crippen molar-refractivity contribution >= 4 is 22.9 Å². The number of rotatable bonds is 1. The average Bonchev–Trinajstić information content (AvgIpc) is 2.91. The van der Waals surface area contributed by atoms with E-state index in [1.165, 1.54) is 11.1 Å². The Balaban J connectivity index is 2.04. The molecule has 3 heteroatoms. The first-order chi connectivity index (χ1) is 8.77. The van der Waals surface area contributed by atoms with Gasteiger partial charge in [-0.3, -0.25) is 4.79 Å². The first-order valence-electron chi connectivity index (χ1n) is 6.20. The fraction of sp³-hybridized carbons (Fsp3) is 0.267. The van der Waals surface area contributed by atoms with Crippen LogP contribution in [0.5, 0.6) is 0 Å². The van der Waals surface area contributed by atoms with Gasteiger partial charge in [0.25, 0.3) is 5.91 Å². The third-order valence-corrected chi connectivity index (χ3v) is 4.12. The van der Waals surface area contributed by atoms with Gasteiger partial charge < -0.3 is 4.90 Å². The predicted molar refractivity (Wildman–Crippen MR) is 75.5 cm³/mol. The molecule has 1 amide bonds. The number of hydrogen-bond acceptors (Lipinski definition) is 2. The van der Waals surface area contributed by atoms with Crippen LogP contribution < -0.4 is 4.90 Å². The van der Waals surface area contributed by atoms with Crippen molar-refractivity contribution in [3.8, 4) is 0 Å². The Morgan fingerprint density at radius 3 is 3.00 bits per heavy atom. The highest BCUT2D eigenvalue weighted by Gasteiger charge is 2.24. The first-order valence-corrected chi connectivity index (χ1v) is 7.14. The number of benzene rings is 1. The lowest BCUT2D eigenvalue weighted by Crippen LogP contribution is -2.35. The number of anilines is 1. The van der Waals surface area contributed by atoms with Gasteiger partial charge in [-0.25, -0.2) is 0 Å². The maximum atomic E-state index is 12.5. The highest BCUT2D eigenvalue weighted by atomic mass is 32.1. The molecule has 1 aromatic carbocycles. The molecule has 3 rings (SSSR count). The Morgan fingerprint density at radius 1 is 1.33 bits per heavy atom. The quantitative estimate of drug-likeness (QED) is 0.763. The number of carbonyl (C=O) groups is 1. The van der Waals surface area contributed by atoms with E-state index in [0.29, 0.717) is 0 Å². The number of amides is 1. The van der Waals surface area contributed by atoms with E-state index in [1.54, 1.807) is 11.3 Å². The van der Waals surface area contributed by atoms with Crippen LogP contribution in [-0.4, -0.2) is 12.5 Å². The standard InChI is InChI=1S/C15H15NOS/c1-11-4-2-5-12-6-3-8-16(14(11)12)15(17)13-7-9-18-10-13/h2,4-5,7,9-10H,3,6,8H2,1H3. The number of carbonyl (C=O) groups excluding carboxylic acids is 1. The molecule has 0 fully saturated rings. The second kappa shape index (κ2) is 4.58. The molecule has 0 aliphatic carbocycles. The zero-order chi connectivity index (χ0) is 12.5. The summed E-state index contributed by atoms with van der Waals surface area (Å²) in [7, 11) is 0. The Labute approximate surface area is 111 Å². The molecular weight excluding hydrogens is 242 g/mol. The maximum Gasteiger partial charge on any atom is 0.259 e. The molecule has 18 heavy (non-hydrogen) atoms. The van der Waals surface area contributed by atoms with Crippen LogP contribution >= 0.6 is 11.3 Å². The van der Waals surface area contributed by atoms with Crippen molar-refractivity contribution in [2.24, 2.45) is 0 Å². The van der Waals surface area contributed by atoms with Gasteiger partial charge in [-0.2, -0.15) is 11.3 Å². The van der Waals surface area contributed by atoms with E-state index in [1.807, 2.05) is 21.7 Å². The van der Waals surface area contributed by atoms with Gasteiger partial charge in [0.05, 0.1) is 11.3 Å². The van der Waals surface area contributed by atoms with Crippen molar-refractivity contribution in [2.45, 2.75) is 19.8 Å². The minimum atomic E-state index is 0.131. The Kier molecular flexibility index (Phi) is 2.92. The maximum absolute atomic E-state index is 12.5. The molecule has 92 valence electrons. The molecule has 0 radical (unpaired) electrons. The van der Waals surface area contributed by atoms with Gasteiger partial charge in [-0.05, 0) is 42.3 Å². The van der Waals surface area contributed by atoms with Crippen molar-refractivity contribution in [1.82, 2.24) is 0 Å². The van der Waals surface area contributed by atoms with Gasteiger partial charge in [0.2, 0.25) is 0 Å². The zero-order valence-electron chi connectivity index (χ0n) is 10.3. The van der Waals surface area contributed by atoms with Gasteiger partial charge in [-0.15, -0.1) is 0 Å². The minimum Gasteiger partial charge on any atom is -0.308 e. The van der Waals surface area contributed by atoms with Crippen molar-refractivity contribution in [1.29, 1.82) is 0 Å². The summed E-state index contributed by atoms with van der Waals surface area (Å²) >= 11 is 1.57. The van der Waals surface area contributed by atoms with Gasteiger partial charge in [0.1, 0.15) is 0 Å². The van der Waals surface area contributed by atoms with E-state index in [-0.39, 0.29) is 5.91 Å². The van der Waals surface area contributed by atoms with E-state index in [9.17, 15) is 4.79 Å². The van der Waals surface area contributed by atoms with Crippen molar-refractivity contribution in [2.75, 3.05) is 11.4 Å². The molecule has 0 spiro atoms. The van der Waals surface area contributed by atoms with E-state index in [2.05, 4.69) is 25.1 Å². The summed E-state index contributed by atoms with van der Waals surface area (Å²) < 4.78 is 0. The summed E-state index contributed by atoms with van der Waals surface area (Å²) in [5.41, 5.74) is 4.41. The van der Waals surface area contributed by atoms with E-state index in [0.717, 1.165) is 30.6 Å². The average molecular weight is 257 g/mol. The SMILES string of the molecule is Cc1cccc2c1N(C(=O)c1ccsc1)CCC2. The topological polar surface area (TPSA) is 20.3 Å². The summed E-state index contributed by atoms with van der Waals surface area (Å²) in [5.74, 6) is 0.131.